The number of hydrogen-bond acceptors (Lipinski definition) is 4. The Hall–Kier alpha value is -2.89. The predicted molar refractivity (Wildman–Crippen MR) is 101 cm³/mol. The molecule has 6 heteroatoms. The van der Waals surface area contributed by atoms with Gasteiger partial charge >= 0.3 is 0 Å². The summed E-state index contributed by atoms with van der Waals surface area (Å²) in [5, 5.41) is 4.53. The van der Waals surface area contributed by atoms with Crippen molar-refractivity contribution in [1.82, 2.24) is 19.5 Å². The van der Waals surface area contributed by atoms with Gasteiger partial charge in [-0.1, -0.05) is 30.3 Å². The molecule has 1 aromatic carbocycles. The van der Waals surface area contributed by atoms with Crippen molar-refractivity contribution in [3.63, 3.8) is 0 Å². The van der Waals surface area contributed by atoms with Crippen LogP contribution in [0.15, 0.2) is 42.6 Å². The van der Waals surface area contributed by atoms with Gasteiger partial charge in [0.2, 0.25) is 0 Å². The second kappa shape index (κ2) is 6.78. The Balaban J connectivity index is 1.68. The molecule has 26 heavy (non-hydrogen) atoms. The van der Waals surface area contributed by atoms with Crippen molar-refractivity contribution in [3.05, 3.63) is 59.5 Å². The van der Waals surface area contributed by atoms with Crippen LogP contribution >= 0.6 is 0 Å². The number of fused-ring (bicyclic) bond motifs is 1. The zero-order valence-electron chi connectivity index (χ0n) is 15.2. The molecule has 1 aliphatic rings. The quantitative estimate of drug-likeness (QED) is 0.727. The molecular weight excluding hydrogens is 326 g/mol. The minimum Gasteiger partial charge on any atom is -0.354 e. The van der Waals surface area contributed by atoms with Crippen LogP contribution in [0.5, 0.6) is 0 Å². The largest absolute Gasteiger partial charge is 0.354 e. The molecule has 134 valence electrons. The third-order valence-corrected chi connectivity index (χ3v) is 4.79. The number of nitrogens with zero attached hydrogens (tertiary/aromatic N) is 5. The first-order chi connectivity index (χ1) is 12.6. The Kier molecular flexibility index (Phi) is 4.32. The van der Waals surface area contributed by atoms with Crippen molar-refractivity contribution in [3.8, 4) is 0 Å². The lowest BCUT2D eigenvalue weighted by Gasteiger charge is -2.19. The van der Waals surface area contributed by atoms with E-state index >= 15 is 0 Å². The van der Waals surface area contributed by atoms with Crippen molar-refractivity contribution in [2.75, 3.05) is 25.0 Å². The molecule has 3 heterocycles. The summed E-state index contributed by atoms with van der Waals surface area (Å²) < 4.78 is 1.78. The summed E-state index contributed by atoms with van der Waals surface area (Å²) in [6, 6.07) is 12.1. The Morgan fingerprint density at radius 1 is 1.19 bits per heavy atom. The Morgan fingerprint density at radius 2 is 1.92 bits per heavy atom. The van der Waals surface area contributed by atoms with E-state index in [2.05, 4.69) is 22.1 Å². The van der Waals surface area contributed by atoms with Gasteiger partial charge < -0.3 is 9.80 Å². The highest BCUT2D eigenvalue weighted by atomic mass is 16.2. The van der Waals surface area contributed by atoms with Crippen molar-refractivity contribution in [2.24, 2.45) is 0 Å². The van der Waals surface area contributed by atoms with Gasteiger partial charge in [-0.15, -0.1) is 0 Å². The van der Waals surface area contributed by atoms with Gasteiger partial charge in [0.15, 0.2) is 11.5 Å². The summed E-state index contributed by atoms with van der Waals surface area (Å²) in [4.78, 5) is 21.4. The first-order valence-corrected chi connectivity index (χ1v) is 9.03. The summed E-state index contributed by atoms with van der Waals surface area (Å²) in [6.07, 6.45) is 4.02. The monoisotopic (exact) mass is 349 g/mol. The van der Waals surface area contributed by atoms with Crippen LogP contribution in [0, 0.1) is 6.92 Å². The summed E-state index contributed by atoms with van der Waals surface area (Å²) in [7, 11) is 2.02. The molecule has 2 aromatic heterocycles. The Morgan fingerprint density at radius 3 is 2.65 bits per heavy atom. The Labute approximate surface area is 153 Å². The SMILES string of the molecule is Cc1cn2nc(C(=O)N3CCCC3)cc2c(N(C)Cc2ccccc2)n1. The van der Waals surface area contributed by atoms with Gasteiger partial charge in [0.1, 0.15) is 5.52 Å². The highest BCUT2D eigenvalue weighted by Gasteiger charge is 2.23. The lowest BCUT2D eigenvalue weighted by Crippen LogP contribution is -2.27. The number of likely N-dealkylation sites (tertiary alicyclic amines) is 1. The maximum Gasteiger partial charge on any atom is 0.274 e. The number of rotatable bonds is 4. The average molecular weight is 349 g/mol. The summed E-state index contributed by atoms with van der Waals surface area (Å²) in [6.45, 7) is 4.34. The lowest BCUT2D eigenvalue weighted by molar-refractivity contribution is 0.0786. The van der Waals surface area contributed by atoms with Crippen LogP contribution in [-0.4, -0.2) is 45.5 Å². The molecule has 0 N–H and O–H groups in total. The molecule has 0 radical (unpaired) electrons. The molecule has 3 aromatic rings. The fourth-order valence-electron chi connectivity index (χ4n) is 3.49. The van der Waals surface area contributed by atoms with Gasteiger partial charge in [-0.2, -0.15) is 5.10 Å². The number of amides is 1. The van der Waals surface area contributed by atoms with Crippen molar-refractivity contribution >= 4 is 17.2 Å². The molecule has 1 aliphatic heterocycles. The number of carbonyl (C=O) groups is 1. The number of anilines is 1. The summed E-state index contributed by atoms with van der Waals surface area (Å²) in [5.41, 5.74) is 3.44. The van der Waals surface area contributed by atoms with E-state index in [9.17, 15) is 4.79 Å². The van der Waals surface area contributed by atoms with Crippen molar-refractivity contribution < 1.29 is 4.79 Å². The van der Waals surface area contributed by atoms with Crippen LogP contribution in [0.3, 0.4) is 0 Å². The Bertz CT molecular complexity index is 928. The van der Waals surface area contributed by atoms with E-state index in [1.807, 2.05) is 49.3 Å². The first-order valence-electron chi connectivity index (χ1n) is 9.03. The van der Waals surface area contributed by atoms with Gasteiger partial charge in [0.25, 0.3) is 5.91 Å². The number of hydrogen-bond donors (Lipinski definition) is 0. The van der Waals surface area contributed by atoms with Gasteiger partial charge in [0, 0.05) is 32.7 Å². The van der Waals surface area contributed by atoms with E-state index in [-0.39, 0.29) is 5.91 Å². The van der Waals surface area contributed by atoms with E-state index in [0.717, 1.165) is 49.5 Å². The maximum absolute atomic E-state index is 12.7. The highest BCUT2D eigenvalue weighted by Crippen LogP contribution is 2.23. The fourth-order valence-corrected chi connectivity index (χ4v) is 3.49. The molecule has 1 saturated heterocycles. The molecule has 1 fully saturated rings. The number of benzene rings is 1. The second-order valence-corrected chi connectivity index (χ2v) is 6.91. The molecule has 6 nitrogen and oxygen atoms in total. The zero-order valence-corrected chi connectivity index (χ0v) is 15.2. The van der Waals surface area contributed by atoms with E-state index in [0.29, 0.717) is 5.69 Å². The van der Waals surface area contributed by atoms with Crippen molar-refractivity contribution in [1.29, 1.82) is 0 Å². The second-order valence-electron chi connectivity index (χ2n) is 6.91. The van der Waals surface area contributed by atoms with Crippen LogP contribution in [0.2, 0.25) is 0 Å². The molecular formula is C20H23N5O. The summed E-state index contributed by atoms with van der Waals surface area (Å²) in [5.74, 6) is 0.849. The van der Waals surface area contributed by atoms with Crippen LogP contribution in [0.25, 0.3) is 5.52 Å². The molecule has 1 amide bonds. The fraction of sp³-hybridized carbons (Fsp3) is 0.350. The third-order valence-electron chi connectivity index (χ3n) is 4.79. The van der Waals surface area contributed by atoms with E-state index in [1.165, 1.54) is 5.56 Å². The topological polar surface area (TPSA) is 53.7 Å². The minimum absolute atomic E-state index is 0.0144. The summed E-state index contributed by atoms with van der Waals surface area (Å²) >= 11 is 0. The van der Waals surface area contributed by atoms with Gasteiger partial charge in [-0.05, 0) is 25.3 Å². The molecule has 0 saturated carbocycles. The van der Waals surface area contributed by atoms with Crippen LogP contribution in [-0.2, 0) is 6.54 Å². The van der Waals surface area contributed by atoms with Gasteiger partial charge in [-0.3, -0.25) is 4.79 Å². The molecule has 0 bridgehead atoms. The molecule has 0 spiro atoms. The van der Waals surface area contributed by atoms with Crippen LogP contribution in [0.4, 0.5) is 5.82 Å². The molecule has 0 aliphatic carbocycles. The maximum atomic E-state index is 12.7. The highest BCUT2D eigenvalue weighted by molar-refractivity contribution is 5.94. The van der Waals surface area contributed by atoms with E-state index in [1.54, 1.807) is 4.52 Å². The third kappa shape index (κ3) is 3.14. The van der Waals surface area contributed by atoms with Gasteiger partial charge in [-0.25, -0.2) is 9.50 Å². The molecule has 0 atom stereocenters. The average Bonchev–Trinajstić information content (AvgIpc) is 3.31. The van der Waals surface area contributed by atoms with Crippen molar-refractivity contribution in [2.45, 2.75) is 26.3 Å². The first kappa shape index (κ1) is 16.6. The lowest BCUT2D eigenvalue weighted by atomic mass is 10.2. The van der Waals surface area contributed by atoms with Crippen LogP contribution in [0.1, 0.15) is 34.6 Å². The molecule has 0 unspecified atom stereocenters. The normalized spacial score (nSPS) is 14.2. The number of aryl methyl sites for hydroxylation is 1. The smallest absolute Gasteiger partial charge is 0.274 e. The van der Waals surface area contributed by atoms with Gasteiger partial charge in [0.05, 0.1) is 11.9 Å². The minimum atomic E-state index is 0.0144. The zero-order chi connectivity index (χ0) is 18.1. The number of carbonyl (C=O) groups excluding carboxylic acids is 1. The molecule has 4 rings (SSSR count). The van der Waals surface area contributed by atoms with Crippen LogP contribution < -0.4 is 4.90 Å². The predicted octanol–water partition coefficient (Wildman–Crippen LogP) is 2.91. The van der Waals surface area contributed by atoms with E-state index in [4.69, 9.17) is 4.98 Å². The standard InChI is InChI=1S/C20H23N5O/c1-15-13-25-18(12-17(22-25)20(26)24-10-6-7-11-24)19(21-15)23(2)14-16-8-4-3-5-9-16/h3-5,8-9,12-13H,6-7,10-11,14H2,1-2H3. The number of aromatic nitrogens is 3. The van der Waals surface area contributed by atoms with E-state index < -0.39 is 0 Å².